The fourth-order valence-corrected chi connectivity index (χ4v) is 4.93. The van der Waals surface area contributed by atoms with Gasteiger partial charge in [0.2, 0.25) is 0 Å². The Morgan fingerprint density at radius 3 is 2.19 bits per heavy atom. The molecule has 0 saturated heterocycles. The van der Waals surface area contributed by atoms with Crippen molar-refractivity contribution in [1.29, 1.82) is 0 Å². The second-order valence-corrected chi connectivity index (χ2v) is 8.92. The van der Waals surface area contributed by atoms with Crippen LogP contribution in [0.3, 0.4) is 0 Å². The minimum atomic E-state index is 0.877. The molecular formula is C29H27N3. The van der Waals surface area contributed by atoms with E-state index < -0.39 is 0 Å². The standard InChI is InChI=1S/C29H27N3/c1-2-28(30-13-1)23-9-5-21(6-10-23)16-20-3-7-22(8-4-20)26-17-24-11-12-25(18-27(24)19-26)29-31-14-15-32-29/h3-12,17-18H,1-2,13-16,19H2,(H,31,32). The second-order valence-electron chi connectivity index (χ2n) is 8.92. The van der Waals surface area contributed by atoms with Crippen molar-refractivity contribution in [2.45, 2.75) is 25.7 Å². The number of fused-ring (bicyclic) bond motifs is 1. The number of rotatable bonds is 5. The molecule has 3 heteroatoms. The summed E-state index contributed by atoms with van der Waals surface area (Å²) in [5, 5.41) is 3.38. The molecule has 1 N–H and O–H groups in total. The topological polar surface area (TPSA) is 36.8 Å². The van der Waals surface area contributed by atoms with Gasteiger partial charge < -0.3 is 5.32 Å². The average Bonchev–Trinajstić information content (AvgIpc) is 3.61. The third-order valence-corrected chi connectivity index (χ3v) is 6.70. The van der Waals surface area contributed by atoms with Crippen molar-refractivity contribution in [2.24, 2.45) is 9.98 Å². The van der Waals surface area contributed by atoms with E-state index in [-0.39, 0.29) is 0 Å². The van der Waals surface area contributed by atoms with Gasteiger partial charge in [0.15, 0.2) is 0 Å². The van der Waals surface area contributed by atoms with Crippen LogP contribution in [0.15, 0.2) is 76.7 Å². The van der Waals surface area contributed by atoms with Gasteiger partial charge in [0, 0.05) is 24.4 Å². The lowest BCUT2D eigenvalue weighted by atomic mass is 9.98. The number of hydrogen-bond acceptors (Lipinski definition) is 3. The van der Waals surface area contributed by atoms with Gasteiger partial charge >= 0.3 is 0 Å². The molecule has 3 nitrogen and oxygen atoms in total. The van der Waals surface area contributed by atoms with Gasteiger partial charge in [-0.1, -0.05) is 66.7 Å². The lowest BCUT2D eigenvalue weighted by Gasteiger charge is -2.08. The zero-order chi connectivity index (χ0) is 21.3. The first-order chi connectivity index (χ1) is 15.8. The van der Waals surface area contributed by atoms with Crippen LogP contribution in [0.25, 0.3) is 11.6 Å². The molecule has 3 aromatic carbocycles. The summed E-state index contributed by atoms with van der Waals surface area (Å²) in [6.07, 6.45) is 6.60. The minimum absolute atomic E-state index is 0.877. The van der Waals surface area contributed by atoms with E-state index >= 15 is 0 Å². The van der Waals surface area contributed by atoms with Crippen LogP contribution >= 0.6 is 0 Å². The maximum atomic E-state index is 4.61. The van der Waals surface area contributed by atoms with Crippen molar-refractivity contribution in [3.05, 3.63) is 106 Å². The molecule has 32 heavy (non-hydrogen) atoms. The second kappa shape index (κ2) is 8.23. The first-order valence-electron chi connectivity index (χ1n) is 11.7. The zero-order valence-corrected chi connectivity index (χ0v) is 18.3. The van der Waals surface area contributed by atoms with Crippen molar-refractivity contribution in [1.82, 2.24) is 5.32 Å². The van der Waals surface area contributed by atoms with Crippen molar-refractivity contribution in [3.8, 4) is 0 Å². The first-order valence-corrected chi connectivity index (χ1v) is 11.7. The van der Waals surface area contributed by atoms with Gasteiger partial charge in [0.25, 0.3) is 0 Å². The molecular weight excluding hydrogens is 390 g/mol. The summed E-state index contributed by atoms with van der Waals surface area (Å²) in [5.74, 6) is 1.04. The molecule has 158 valence electrons. The molecule has 0 spiro atoms. The number of allylic oxidation sites excluding steroid dienone is 1. The molecule has 0 saturated carbocycles. The Hall–Kier alpha value is -3.46. The number of nitrogens with one attached hydrogen (secondary N) is 1. The monoisotopic (exact) mass is 417 g/mol. The Morgan fingerprint density at radius 1 is 0.750 bits per heavy atom. The number of hydrogen-bond donors (Lipinski definition) is 1. The fourth-order valence-electron chi connectivity index (χ4n) is 4.93. The van der Waals surface area contributed by atoms with Gasteiger partial charge in [-0.05, 0) is 70.7 Å². The fraction of sp³-hybridized carbons (Fsp3) is 0.241. The Bertz CT molecular complexity index is 1240. The number of nitrogens with zero attached hydrogens (tertiary/aromatic N) is 2. The molecule has 0 radical (unpaired) electrons. The molecule has 3 aromatic rings. The highest BCUT2D eigenvalue weighted by molar-refractivity contribution is 6.02. The molecule has 2 heterocycles. The Labute approximate surface area is 189 Å². The summed E-state index contributed by atoms with van der Waals surface area (Å²) < 4.78 is 0. The van der Waals surface area contributed by atoms with E-state index in [1.54, 1.807) is 0 Å². The molecule has 0 unspecified atom stereocenters. The average molecular weight is 418 g/mol. The Kier molecular flexibility index (Phi) is 4.95. The van der Waals surface area contributed by atoms with Gasteiger partial charge in [-0.15, -0.1) is 0 Å². The van der Waals surface area contributed by atoms with E-state index in [1.165, 1.54) is 56.6 Å². The molecule has 0 bridgehead atoms. The summed E-state index contributed by atoms with van der Waals surface area (Å²) in [5.41, 5.74) is 11.9. The van der Waals surface area contributed by atoms with E-state index in [1.807, 2.05) is 0 Å². The Balaban J connectivity index is 1.14. The molecule has 6 rings (SSSR count). The summed E-state index contributed by atoms with van der Waals surface area (Å²) in [7, 11) is 0. The molecule has 0 aromatic heterocycles. The molecule has 3 aliphatic rings. The highest BCUT2D eigenvalue weighted by Crippen LogP contribution is 2.32. The lowest BCUT2D eigenvalue weighted by Crippen LogP contribution is -2.19. The largest absolute Gasteiger partial charge is 0.368 e. The summed E-state index contributed by atoms with van der Waals surface area (Å²) >= 11 is 0. The number of benzene rings is 3. The first kappa shape index (κ1) is 19.2. The molecule has 1 aliphatic carbocycles. The molecule has 2 aliphatic heterocycles. The normalized spacial score (nSPS) is 16.9. The SMILES string of the molecule is C1=C(c2ccc(Cc3ccc(C4=NCCC4)cc3)cc2)Cc2cc(C3=NCCN3)ccc21. The maximum Gasteiger partial charge on any atom is 0.128 e. The number of aliphatic imine (C=N–C) groups is 2. The van der Waals surface area contributed by atoms with Crippen LogP contribution in [0.4, 0.5) is 0 Å². The van der Waals surface area contributed by atoms with Crippen LogP contribution in [0.2, 0.25) is 0 Å². The van der Waals surface area contributed by atoms with E-state index in [4.69, 9.17) is 0 Å². The summed E-state index contributed by atoms with van der Waals surface area (Å²) in [6.45, 7) is 2.81. The van der Waals surface area contributed by atoms with Crippen molar-refractivity contribution in [2.75, 3.05) is 19.6 Å². The van der Waals surface area contributed by atoms with Crippen molar-refractivity contribution >= 4 is 23.2 Å². The van der Waals surface area contributed by atoms with Crippen LogP contribution in [0.1, 0.15) is 51.8 Å². The predicted octanol–water partition coefficient (Wildman–Crippen LogP) is 5.31. The third-order valence-electron chi connectivity index (χ3n) is 6.70. The molecule has 0 fully saturated rings. The summed E-state index contributed by atoms with van der Waals surface area (Å²) in [6, 6.07) is 24.8. The van der Waals surface area contributed by atoms with Gasteiger partial charge in [-0.2, -0.15) is 0 Å². The van der Waals surface area contributed by atoms with E-state index in [2.05, 4.69) is 88.1 Å². The quantitative estimate of drug-likeness (QED) is 0.600. The minimum Gasteiger partial charge on any atom is -0.368 e. The van der Waals surface area contributed by atoms with Gasteiger partial charge in [0.05, 0.1) is 6.54 Å². The van der Waals surface area contributed by atoms with Crippen LogP contribution in [-0.2, 0) is 12.8 Å². The molecule has 0 atom stereocenters. The van der Waals surface area contributed by atoms with E-state index in [0.29, 0.717) is 0 Å². The number of amidine groups is 1. The maximum absolute atomic E-state index is 4.61. The highest BCUT2D eigenvalue weighted by atomic mass is 15.1. The summed E-state index contributed by atoms with van der Waals surface area (Å²) in [4.78, 5) is 9.17. The predicted molar refractivity (Wildman–Crippen MR) is 134 cm³/mol. The molecule has 0 amide bonds. The van der Waals surface area contributed by atoms with Gasteiger partial charge in [0.1, 0.15) is 5.84 Å². The van der Waals surface area contributed by atoms with E-state index in [0.717, 1.165) is 44.7 Å². The van der Waals surface area contributed by atoms with Crippen molar-refractivity contribution in [3.63, 3.8) is 0 Å². The zero-order valence-electron chi connectivity index (χ0n) is 18.3. The van der Waals surface area contributed by atoms with E-state index in [9.17, 15) is 0 Å². The van der Waals surface area contributed by atoms with Crippen LogP contribution in [0.5, 0.6) is 0 Å². The third kappa shape index (κ3) is 3.80. The highest BCUT2D eigenvalue weighted by Gasteiger charge is 2.17. The van der Waals surface area contributed by atoms with Crippen LogP contribution in [-0.4, -0.2) is 31.2 Å². The van der Waals surface area contributed by atoms with Crippen molar-refractivity contribution < 1.29 is 0 Å². The smallest absolute Gasteiger partial charge is 0.128 e. The van der Waals surface area contributed by atoms with Gasteiger partial charge in [-0.3, -0.25) is 9.98 Å². The Morgan fingerprint density at radius 2 is 1.50 bits per heavy atom. The van der Waals surface area contributed by atoms with Crippen LogP contribution in [0, 0.1) is 0 Å². The van der Waals surface area contributed by atoms with Gasteiger partial charge in [-0.25, -0.2) is 0 Å². The lowest BCUT2D eigenvalue weighted by molar-refractivity contribution is 0.951. The van der Waals surface area contributed by atoms with Crippen LogP contribution < -0.4 is 5.32 Å².